The largest absolute Gasteiger partial charge is 0.492 e. The van der Waals surface area contributed by atoms with Crippen LogP contribution in [0.25, 0.3) is 0 Å². The Morgan fingerprint density at radius 2 is 2.00 bits per heavy atom. The lowest BCUT2D eigenvalue weighted by molar-refractivity contribution is 0.311. The van der Waals surface area contributed by atoms with Gasteiger partial charge in [-0.15, -0.1) is 0 Å². The fourth-order valence-electron chi connectivity index (χ4n) is 2.00. The van der Waals surface area contributed by atoms with Crippen molar-refractivity contribution >= 4 is 0 Å². The minimum atomic E-state index is 0.662. The highest BCUT2D eigenvalue weighted by molar-refractivity contribution is 5.27. The molecule has 0 radical (unpaired) electrons. The van der Waals surface area contributed by atoms with Crippen molar-refractivity contribution in [1.82, 2.24) is 5.32 Å². The van der Waals surface area contributed by atoms with Crippen LogP contribution in [0.2, 0.25) is 0 Å². The van der Waals surface area contributed by atoms with E-state index in [9.17, 15) is 0 Å². The molecule has 1 heterocycles. The number of nitrogens with one attached hydrogen (secondary N) is 1. The Balaban J connectivity index is 1.61. The van der Waals surface area contributed by atoms with Crippen LogP contribution in [0.15, 0.2) is 47.1 Å². The summed E-state index contributed by atoms with van der Waals surface area (Å²) in [6.45, 7) is 4.42. The number of furan rings is 1. The van der Waals surface area contributed by atoms with Gasteiger partial charge >= 0.3 is 0 Å². The molecule has 0 unspecified atom stereocenters. The van der Waals surface area contributed by atoms with E-state index in [1.807, 2.05) is 12.1 Å². The number of rotatable bonds is 9. The number of benzene rings is 1. The van der Waals surface area contributed by atoms with Gasteiger partial charge in [-0.1, -0.05) is 25.5 Å². The molecule has 20 heavy (non-hydrogen) atoms. The van der Waals surface area contributed by atoms with Crippen LogP contribution in [0.4, 0.5) is 0 Å². The molecular weight excluding hydrogens is 250 g/mol. The normalized spacial score (nSPS) is 10.7. The molecule has 108 valence electrons. The summed E-state index contributed by atoms with van der Waals surface area (Å²) in [6, 6.07) is 12.3. The molecule has 0 aliphatic carbocycles. The molecule has 2 aromatic rings. The predicted molar refractivity (Wildman–Crippen MR) is 81.0 cm³/mol. The summed E-state index contributed by atoms with van der Waals surface area (Å²) >= 11 is 0. The van der Waals surface area contributed by atoms with Crippen LogP contribution in [0.1, 0.15) is 31.1 Å². The molecule has 3 heteroatoms. The zero-order valence-electron chi connectivity index (χ0n) is 12.1. The number of aryl methyl sites for hydroxylation is 1. The second-order valence-corrected chi connectivity index (χ2v) is 4.85. The Labute approximate surface area is 121 Å². The van der Waals surface area contributed by atoms with Crippen molar-refractivity contribution in [3.63, 3.8) is 0 Å². The highest BCUT2D eigenvalue weighted by atomic mass is 16.5. The summed E-state index contributed by atoms with van der Waals surface area (Å²) in [5.41, 5.74) is 1.38. The van der Waals surface area contributed by atoms with Gasteiger partial charge in [0.15, 0.2) is 0 Å². The second kappa shape index (κ2) is 8.43. The summed E-state index contributed by atoms with van der Waals surface area (Å²) in [6.07, 6.45) is 5.32. The van der Waals surface area contributed by atoms with Gasteiger partial charge in [-0.2, -0.15) is 0 Å². The van der Waals surface area contributed by atoms with Crippen molar-refractivity contribution in [1.29, 1.82) is 0 Å². The number of hydrogen-bond acceptors (Lipinski definition) is 3. The van der Waals surface area contributed by atoms with Gasteiger partial charge in [-0.3, -0.25) is 0 Å². The maximum Gasteiger partial charge on any atom is 0.119 e. The molecule has 0 bridgehead atoms. The van der Waals surface area contributed by atoms with Gasteiger partial charge in [0, 0.05) is 6.54 Å². The molecule has 1 aromatic carbocycles. The first-order chi connectivity index (χ1) is 9.88. The summed E-state index contributed by atoms with van der Waals surface area (Å²) in [7, 11) is 0. The molecule has 2 rings (SSSR count). The smallest absolute Gasteiger partial charge is 0.119 e. The number of ether oxygens (including phenoxy) is 1. The monoisotopic (exact) mass is 273 g/mol. The van der Waals surface area contributed by atoms with Crippen LogP contribution in [0.5, 0.6) is 5.75 Å². The van der Waals surface area contributed by atoms with E-state index < -0.39 is 0 Å². The van der Waals surface area contributed by atoms with E-state index in [1.165, 1.54) is 18.4 Å². The zero-order chi connectivity index (χ0) is 14.0. The Morgan fingerprint density at radius 1 is 1.15 bits per heavy atom. The third kappa shape index (κ3) is 5.10. The van der Waals surface area contributed by atoms with Gasteiger partial charge in [0.25, 0.3) is 0 Å². The Kier molecular flexibility index (Phi) is 6.18. The van der Waals surface area contributed by atoms with E-state index in [0.717, 1.165) is 31.0 Å². The Bertz CT molecular complexity index is 462. The molecule has 0 saturated carbocycles. The van der Waals surface area contributed by atoms with Crippen molar-refractivity contribution < 1.29 is 9.15 Å². The standard InChI is InChI=1S/C17H23NO2/c1-2-3-5-15-7-9-16(10-8-15)20-13-11-18-14-17-6-4-12-19-17/h4,6-10,12,18H,2-3,5,11,13-14H2,1H3. The molecule has 1 N–H and O–H groups in total. The van der Waals surface area contributed by atoms with Gasteiger partial charge in [0.1, 0.15) is 18.1 Å². The van der Waals surface area contributed by atoms with Crippen molar-refractivity contribution in [2.24, 2.45) is 0 Å². The van der Waals surface area contributed by atoms with E-state index in [4.69, 9.17) is 9.15 Å². The summed E-state index contributed by atoms with van der Waals surface area (Å²) in [4.78, 5) is 0. The number of unbranched alkanes of at least 4 members (excludes halogenated alkanes) is 1. The maximum atomic E-state index is 5.69. The van der Waals surface area contributed by atoms with Crippen molar-refractivity contribution in [3.8, 4) is 5.75 Å². The van der Waals surface area contributed by atoms with Crippen LogP contribution in [0.3, 0.4) is 0 Å². The van der Waals surface area contributed by atoms with E-state index in [1.54, 1.807) is 6.26 Å². The van der Waals surface area contributed by atoms with Gasteiger partial charge < -0.3 is 14.5 Å². The summed E-state index contributed by atoms with van der Waals surface area (Å²) < 4.78 is 10.9. The number of hydrogen-bond donors (Lipinski definition) is 1. The lowest BCUT2D eigenvalue weighted by atomic mass is 10.1. The fraction of sp³-hybridized carbons (Fsp3) is 0.412. The fourth-order valence-corrected chi connectivity index (χ4v) is 2.00. The minimum Gasteiger partial charge on any atom is -0.492 e. The molecule has 0 aliphatic rings. The first kappa shape index (κ1) is 14.7. The summed E-state index contributed by atoms with van der Waals surface area (Å²) in [5, 5.41) is 3.28. The van der Waals surface area contributed by atoms with Crippen molar-refractivity contribution in [2.75, 3.05) is 13.2 Å². The predicted octanol–water partition coefficient (Wildman–Crippen LogP) is 3.79. The molecule has 0 saturated heterocycles. The SMILES string of the molecule is CCCCc1ccc(OCCNCc2ccco2)cc1. The third-order valence-corrected chi connectivity index (χ3v) is 3.17. The molecule has 0 aliphatic heterocycles. The average Bonchev–Trinajstić information content (AvgIpc) is 2.99. The first-order valence-corrected chi connectivity index (χ1v) is 7.33. The maximum absolute atomic E-state index is 5.69. The molecule has 1 aromatic heterocycles. The molecule has 0 fully saturated rings. The topological polar surface area (TPSA) is 34.4 Å². The molecule has 0 spiro atoms. The quantitative estimate of drug-likeness (QED) is 0.706. The van der Waals surface area contributed by atoms with Gasteiger partial charge in [0.05, 0.1) is 12.8 Å². The zero-order valence-corrected chi connectivity index (χ0v) is 12.1. The van der Waals surface area contributed by atoms with E-state index in [0.29, 0.717) is 6.61 Å². The van der Waals surface area contributed by atoms with Gasteiger partial charge in [-0.25, -0.2) is 0 Å². The van der Waals surface area contributed by atoms with E-state index >= 15 is 0 Å². The van der Waals surface area contributed by atoms with Crippen LogP contribution in [0, 0.1) is 0 Å². The van der Waals surface area contributed by atoms with Crippen LogP contribution < -0.4 is 10.1 Å². The Hall–Kier alpha value is -1.74. The average molecular weight is 273 g/mol. The highest BCUT2D eigenvalue weighted by Crippen LogP contribution is 2.13. The van der Waals surface area contributed by atoms with Gasteiger partial charge in [-0.05, 0) is 42.7 Å². The molecule has 0 atom stereocenters. The lowest BCUT2D eigenvalue weighted by Crippen LogP contribution is -2.20. The van der Waals surface area contributed by atoms with E-state index in [-0.39, 0.29) is 0 Å². The summed E-state index contributed by atoms with van der Waals surface area (Å²) in [5.74, 6) is 1.88. The van der Waals surface area contributed by atoms with Gasteiger partial charge in [0.2, 0.25) is 0 Å². The van der Waals surface area contributed by atoms with E-state index in [2.05, 4.69) is 36.5 Å². The highest BCUT2D eigenvalue weighted by Gasteiger charge is 1.97. The van der Waals surface area contributed by atoms with Crippen molar-refractivity contribution in [2.45, 2.75) is 32.7 Å². The molecule has 3 nitrogen and oxygen atoms in total. The molecular formula is C17H23NO2. The lowest BCUT2D eigenvalue weighted by Gasteiger charge is -2.07. The van der Waals surface area contributed by atoms with Crippen LogP contribution in [-0.4, -0.2) is 13.2 Å². The third-order valence-electron chi connectivity index (χ3n) is 3.17. The Morgan fingerprint density at radius 3 is 2.70 bits per heavy atom. The van der Waals surface area contributed by atoms with Crippen LogP contribution in [-0.2, 0) is 13.0 Å². The second-order valence-electron chi connectivity index (χ2n) is 4.85. The molecule has 0 amide bonds. The minimum absolute atomic E-state index is 0.662. The van der Waals surface area contributed by atoms with Crippen LogP contribution >= 0.6 is 0 Å². The van der Waals surface area contributed by atoms with Crippen molar-refractivity contribution in [3.05, 3.63) is 54.0 Å². The first-order valence-electron chi connectivity index (χ1n) is 7.33.